The summed E-state index contributed by atoms with van der Waals surface area (Å²) in [5, 5.41) is 12.3. The predicted molar refractivity (Wildman–Crippen MR) is 159 cm³/mol. The molecular weight excluding hydrogens is 543 g/mol. The van der Waals surface area contributed by atoms with E-state index in [-0.39, 0.29) is 5.69 Å². The van der Waals surface area contributed by atoms with Gasteiger partial charge in [0.1, 0.15) is 0 Å². The van der Waals surface area contributed by atoms with E-state index >= 15 is 0 Å². The number of fused-ring (bicyclic) bond motifs is 3. The van der Waals surface area contributed by atoms with Gasteiger partial charge in [0.25, 0.3) is 0 Å². The van der Waals surface area contributed by atoms with Crippen LogP contribution < -0.4 is 15.1 Å². The van der Waals surface area contributed by atoms with Crippen molar-refractivity contribution in [3.05, 3.63) is 41.7 Å². The number of aromatic nitrogens is 4. The number of anilines is 3. The van der Waals surface area contributed by atoms with Crippen LogP contribution in [0, 0.1) is 0 Å². The number of benzene rings is 1. The lowest BCUT2D eigenvalue weighted by Crippen LogP contribution is -2.57. The van der Waals surface area contributed by atoms with Gasteiger partial charge in [-0.05, 0) is 71.6 Å². The standard InChI is InChI=1S/C30H40F3N9/c1-6-41-19(2)17-40(18-20(41)3)29-37-36-27-16-34-25-9-8-24(35-28(25)42(27)29)21-7-10-26(23(15-21)30(31,32)33)39-13-11-22(12-14-39)38(4)5/h7-10,15,19-20,22,34H,6,11-14,16-18H2,1-5H3/t19-,20+. The van der Waals surface area contributed by atoms with Crippen molar-refractivity contribution in [2.24, 2.45) is 0 Å². The average molecular weight is 584 g/mol. The summed E-state index contributed by atoms with van der Waals surface area (Å²) in [6.45, 7) is 10.9. The van der Waals surface area contributed by atoms with E-state index in [1.54, 1.807) is 18.2 Å². The lowest BCUT2D eigenvalue weighted by atomic mass is 10.00. The zero-order valence-corrected chi connectivity index (χ0v) is 25.0. The zero-order chi connectivity index (χ0) is 29.8. The fourth-order valence-corrected chi connectivity index (χ4v) is 6.90. The van der Waals surface area contributed by atoms with Crippen LogP contribution in [-0.4, -0.2) is 94.5 Å². The summed E-state index contributed by atoms with van der Waals surface area (Å²) in [4.78, 5) is 13.7. The van der Waals surface area contributed by atoms with Gasteiger partial charge < -0.3 is 20.0 Å². The summed E-state index contributed by atoms with van der Waals surface area (Å²) >= 11 is 0. The highest BCUT2D eigenvalue weighted by Crippen LogP contribution is 2.41. The first-order valence-corrected chi connectivity index (χ1v) is 14.9. The van der Waals surface area contributed by atoms with Gasteiger partial charge in [-0.15, -0.1) is 10.2 Å². The molecule has 0 saturated carbocycles. The van der Waals surface area contributed by atoms with E-state index in [1.165, 1.54) is 6.07 Å². The first-order valence-electron chi connectivity index (χ1n) is 14.9. The molecule has 1 N–H and O–H groups in total. The Hall–Kier alpha value is -3.38. The molecule has 3 aliphatic heterocycles. The Labute approximate surface area is 245 Å². The summed E-state index contributed by atoms with van der Waals surface area (Å²) in [5.41, 5.74) is 1.32. The van der Waals surface area contributed by atoms with E-state index < -0.39 is 11.7 Å². The van der Waals surface area contributed by atoms with E-state index in [0.717, 1.165) is 49.9 Å². The number of piperidine rings is 1. The minimum absolute atomic E-state index is 0.237. The van der Waals surface area contributed by atoms with Gasteiger partial charge in [-0.2, -0.15) is 13.2 Å². The number of alkyl halides is 3. The highest BCUT2D eigenvalue weighted by Gasteiger charge is 2.37. The quantitative estimate of drug-likeness (QED) is 0.463. The second kappa shape index (κ2) is 11.0. The Kier molecular flexibility index (Phi) is 7.55. The largest absolute Gasteiger partial charge is 0.418 e. The second-order valence-corrected chi connectivity index (χ2v) is 12.0. The van der Waals surface area contributed by atoms with Crippen molar-refractivity contribution in [2.75, 3.05) is 61.9 Å². The second-order valence-electron chi connectivity index (χ2n) is 12.0. The summed E-state index contributed by atoms with van der Waals surface area (Å²) in [5.74, 6) is 2.06. The molecule has 0 amide bonds. The minimum Gasteiger partial charge on any atom is -0.375 e. The fourth-order valence-electron chi connectivity index (χ4n) is 6.90. The third-order valence-corrected chi connectivity index (χ3v) is 9.12. The molecule has 2 aromatic heterocycles. The van der Waals surface area contributed by atoms with E-state index in [1.807, 2.05) is 29.6 Å². The van der Waals surface area contributed by atoms with E-state index in [0.29, 0.717) is 54.8 Å². The van der Waals surface area contributed by atoms with Crippen molar-refractivity contribution in [2.45, 2.75) is 64.5 Å². The number of halogens is 3. The average Bonchev–Trinajstić information content (AvgIpc) is 3.41. The maximum Gasteiger partial charge on any atom is 0.418 e. The number of nitrogens with zero attached hydrogens (tertiary/aromatic N) is 8. The molecule has 2 atom stereocenters. The van der Waals surface area contributed by atoms with Crippen LogP contribution >= 0.6 is 0 Å². The number of piperazine rings is 1. The Morgan fingerprint density at radius 3 is 2.33 bits per heavy atom. The van der Waals surface area contributed by atoms with Crippen LogP contribution in [0.4, 0.5) is 30.5 Å². The minimum atomic E-state index is -4.48. The van der Waals surface area contributed by atoms with Crippen LogP contribution in [0.5, 0.6) is 0 Å². The Balaban J connectivity index is 1.34. The molecule has 0 radical (unpaired) electrons. The molecule has 3 aliphatic rings. The number of hydrogen-bond acceptors (Lipinski definition) is 8. The molecule has 5 heterocycles. The Morgan fingerprint density at radius 1 is 0.976 bits per heavy atom. The molecule has 2 saturated heterocycles. The molecule has 0 spiro atoms. The molecule has 0 unspecified atom stereocenters. The number of rotatable bonds is 5. The van der Waals surface area contributed by atoms with Crippen molar-refractivity contribution in [1.29, 1.82) is 0 Å². The molecule has 9 nitrogen and oxygen atoms in total. The van der Waals surface area contributed by atoms with Crippen LogP contribution in [0.2, 0.25) is 0 Å². The molecule has 12 heteroatoms. The van der Waals surface area contributed by atoms with Gasteiger partial charge in [-0.25, -0.2) is 9.55 Å². The van der Waals surface area contributed by atoms with Crippen LogP contribution in [0.1, 0.15) is 45.0 Å². The normalized spacial score (nSPS) is 21.8. The highest BCUT2D eigenvalue weighted by molar-refractivity contribution is 5.72. The third kappa shape index (κ3) is 5.19. The van der Waals surface area contributed by atoms with Gasteiger partial charge in [-0.3, -0.25) is 4.90 Å². The molecule has 0 bridgehead atoms. The van der Waals surface area contributed by atoms with Crippen molar-refractivity contribution >= 4 is 17.3 Å². The number of pyridine rings is 1. The van der Waals surface area contributed by atoms with Gasteiger partial charge >= 0.3 is 6.18 Å². The van der Waals surface area contributed by atoms with E-state index in [9.17, 15) is 13.2 Å². The van der Waals surface area contributed by atoms with Gasteiger partial charge in [0.2, 0.25) is 5.95 Å². The van der Waals surface area contributed by atoms with Crippen LogP contribution in [0.15, 0.2) is 30.3 Å². The smallest absolute Gasteiger partial charge is 0.375 e. The molecule has 1 aromatic carbocycles. The van der Waals surface area contributed by atoms with Crippen molar-refractivity contribution in [3.8, 4) is 17.1 Å². The molecule has 42 heavy (non-hydrogen) atoms. The molecule has 2 fully saturated rings. The third-order valence-electron chi connectivity index (χ3n) is 9.12. The number of likely N-dealkylation sites (N-methyl/N-ethyl adjacent to an activating group) is 1. The van der Waals surface area contributed by atoms with Crippen LogP contribution in [0.25, 0.3) is 17.1 Å². The van der Waals surface area contributed by atoms with Crippen molar-refractivity contribution < 1.29 is 13.2 Å². The summed E-state index contributed by atoms with van der Waals surface area (Å²) in [7, 11) is 4.05. The fraction of sp³-hybridized carbons (Fsp3) is 0.567. The Morgan fingerprint density at radius 2 is 1.69 bits per heavy atom. The summed E-state index contributed by atoms with van der Waals surface area (Å²) in [6.07, 6.45) is -2.82. The summed E-state index contributed by atoms with van der Waals surface area (Å²) < 4.78 is 45.2. The van der Waals surface area contributed by atoms with Crippen molar-refractivity contribution in [3.63, 3.8) is 0 Å². The maximum absolute atomic E-state index is 14.4. The molecule has 6 rings (SSSR count). The van der Waals surface area contributed by atoms with Gasteiger partial charge in [0, 0.05) is 55.6 Å². The highest BCUT2D eigenvalue weighted by atomic mass is 19.4. The molecule has 0 aliphatic carbocycles. The monoisotopic (exact) mass is 583 g/mol. The van der Waals surface area contributed by atoms with Gasteiger partial charge in [-0.1, -0.05) is 13.0 Å². The molecular formula is C30H40F3N9. The number of hydrogen-bond donors (Lipinski definition) is 1. The predicted octanol–water partition coefficient (Wildman–Crippen LogP) is 4.72. The van der Waals surface area contributed by atoms with Gasteiger partial charge in [0.05, 0.1) is 23.5 Å². The van der Waals surface area contributed by atoms with E-state index in [2.05, 4.69) is 51.0 Å². The topological polar surface area (TPSA) is 68.6 Å². The molecule has 3 aromatic rings. The maximum atomic E-state index is 14.4. The first kappa shape index (κ1) is 28.7. The van der Waals surface area contributed by atoms with Crippen LogP contribution in [-0.2, 0) is 12.7 Å². The van der Waals surface area contributed by atoms with E-state index in [4.69, 9.17) is 4.98 Å². The lowest BCUT2D eigenvalue weighted by Gasteiger charge is -2.44. The summed E-state index contributed by atoms with van der Waals surface area (Å²) in [6, 6.07) is 9.37. The van der Waals surface area contributed by atoms with Gasteiger partial charge in [0.15, 0.2) is 11.6 Å². The SMILES string of the molecule is CCN1[C@H](C)CN(c2nnc3n2-c2nc(-c4ccc(N5CCC(N(C)C)CC5)c(C(F)(F)F)c4)ccc2NC3)C[C@@H]1C. The zero-order valence-electron chi connectivity index (χ0n) is 25.0. The lowest BCUT2D eigenvalue weighted by molar-refractivity contribution is -0.137. The Bertz CT molecular complexity index is 1420. The molecule has 226 valence electrons. The van der Waals surface area contributed by atoms with Crippen LogP contribution in [0.3, 0.4) is 0 Å². The first-order chi connectivity index (χ1) is 20.0. The number of nitrogens with one attached hydrogen (secondary N) is 1. The van der Waals surface area contributed by atoms with Crippen molar-refractivity contribution in [1.82, 2.24) is 29.5 Å².